The minimum Gasteiger partial charge on any atom is -0.374 e. The van der Waals surface area contributed by atoms with Crippen molar-refractivity contribution in [2.24, 2.45) is 0 Å². The average Bonchev–Trinajstić information content (AvgIpc) is 2.53. The minimum absolute atomic E-state index is 0.670. The first-order chi connectivity index (χ1) is 6.74. The zero-order valence-corrected chi connectivity index (χ0v) is 7.81. The van der Waals surface area contributed by atoms with Crippen LogP contribution in [0.3, 0.4) is 0 Å². The molecule has 2 aromatic rings. The highest BCUT2D eigenvalue weighted by Crippen LogP contribution is 2.18. The predicted molar refractivity (Wildman–Crippen MR) is 53.7 cm³/mol. The number of aliphatic hydroxyl groups excluding tert-OH is 1. The van der Waals surface area contributed by atoms with Gasteiger partial charge in [-0.1, -0.05) is 12.0 Å². The maximum atomic E-state index is 9.60. The summed E-state index contributed by atoms with van der Waals surface area (Å²) >= 11 is 0. The number of nitrogens with zero attached hydrogens (tertiary/aromatic N) is 2. The molecule has 2 heterocycles. The van der Waals surface area contributed by atoms with Crippen molar-refractivity contribution >= 4 is 5.65 Å². The first-order valence-electron chi connectivity index (χ1n) is 4.32. The number of aromatic nitrogens is 2. The molecule has 0 aliphatic carbocycles. The lowest BCUT2D eigenvalue weighted by Crippen LogP contribution is -2.00. The topological polar surface area (TPSA) is 37.5 Å². The summed E-state index contributed by atoms with van der Waals surface area (Å²) in [5.41, 5.74) is 2.24. The number of imidazole rings is 1. The molecule has 2 rings (SSSR count). The number of hydrogen-bond donors (Lipinski definition) is 1. The summed E-state index contributed by atoms with van der Waals surface area (Å²) in [6.07, 6.45) is 6.12. The number of hydrogen-bond acceptors (Lipinski definition) is 2. The Morgan fingerprint density at radius 1 is 1.57 bits per heavy atom. The lowest BCUT2D eigenvalue weighted by Gasteiger charge is -2.04. The van der Waals surface area contributed by atoms with Crippen molar-refractivity contribution in [2.45, 2.75) is 13.0 Å². The maximum absolute atomic E-state index is 9.60. The summed E-state index contributed by atoms with van der Waals surface area (Å²) in [5, 5.41) is 9.60. The van der Waals surface area contributed by atoms with E-state index in [9.17, 15) is 5.11 Å². The van der Waals surface area contributed by atoms with E-state index in [-0.39, 0.29) is 0 Å². The minimum atomic E-state index is -0.896. The second-order valence-electron chi connectivity index (χ2n) is 3.08. The molecule has 0 aliphatic heterocycles. The van der Waals surface area contributed by atoms with E-state index in [1.54, 1.807) is 4.40 Å². The molecule has 0 aromatic carbocycles. The standard InChI is InChI=1S/C11H10N2O/c1-3-9(14)11-8(2)12-10-6-4-5-7-13(10)11/h1,4-7,9,14H,2H3. The van der Waals surface area contributed by atoms with E-state index in [1.807, 2.05) is 31.3 Å². The molecule has 14 heavy (non-hydrogen) atoms. The molecule has 0 saturated heterocycles. The fraction of sp³-hybridized carbons (Fsp3) is 0.182. The third-order valence-corrected chi connectivity index (χ3v) is 2.17. The Hall–Kier alpha value is -1.79. The molecule has 0 spiro atoms. The van der Waals surface area contributed by atoms with Crippen molar-refractivity contribution in [1.29, 1.82) is 0 Å². The lowest BCUT2D eigenvalue weighted by atomic mass is 10.2. The van der Waals surface area contributed by atoms with Crippen molar-refractivity contribution in [3.8, 4) is 12.3 Å². The Bertz CT molecular complexity index is 507. The fourth-order valence-electron chi connectivity index (χ4n) is 1.54. The molecule has 2 aromatic heterocycles. The molecular weight excluding hydrogens is 176 g/mol. The summed E-state index contributed by atoms with van der Waals surface area (Å²) in [4.78, 5) is 4.29. The molecule has 3 nitrogen and oxygen atoms in total. The van der Waals surface area contributed by atoms with Gasteiger partial charge in [0.1, 0.15) is 5.65 Å². The monoisotopic (exact) mass is 186 g/mol. The molecule has 3 heteroatoms. The second kappa shape index (κ2) is 3.17. The van der Waals surface area contributed by atoms with Crippen LogP contribution in [-0.4, -0.2) is 14.5 Å². The van der Waals surface area contributed by atoms with Gasteiger partial charge in [0.25, 0.3) is 0 Å². The van der Waals surface area contributed by atoms with Crippen LogP contribution >= 0.6 is 0 Å². The summed E-state index contributed by atoms with van der Waals surface area (Å²) in [5.74, 6) is 2.30. The zero-order chi connectivity index (χ0) is 10.1. The van der Waals surface area contributed by atoms with Crippen LogP contribution in [0.2, 0.25) is 0 Å². The molecule has 1 unspecified atom stereocenters. The fourth-order valence-corrected chi connectivity index (χ4v) is 1.54. The largest absolute Gasteiger partial charge is 0.374 e. The highest BCUT2D eigenvalue weighted by Gasteiger charge is 2.13. The number of aryl methyl sites for hydroxylation is 1. The number of rotatable bonds is 1. The normalized spacial score (nSPS) is 12.6. The van der Waals surface area contributed by atoms with Crippen molar-refractivity contribution < 1.29 is 5.11 Å². The molecule has 0 amide bonds. The van der Waals surface area contributed by atoms with E-state index in [0.29, 0.717) is 5.69 Å². The third-order valence-electron chi connectivity index (χ3n) is 2.17. The van der Waals surface area contributed by atoms with Crippen LogP contribution in [0.5, 0.6) is 0 Å². The third kappa shape index (κ3) is 1.17. The lowest BCUT2D eigenvalue weighted by molar-refractivity contribution is 0.231. The van der Waals surface area contributed by atoms with E-state index in [4.69, 9.17) is 6.42 Å². The van der Waals surface area contributed by atoms with Gasteiger partial charge in [-0.2, -0.15) is 0 Å². The van der Waals surface area contributed by atoms with Crippen LogP contribution in [0.4, 0.5) is 0 Å². The van der Waals surface area contributed by atoms with Gasteiger partial charge in [-0.05, 0) is 19.1 Å². The first-order valence-corrected chi connectivity index (χ1v) is 4.32. The summed E-state index contributed by atoms with van der Waals surface area (Å²) in [7, 11) is 0. The molecule has 0 radical (unpaired) electrons. The van der Waals surface area contributed by atoms with Gasteiger partial charge < -0.3 is 9.51 Å². The van der Waals surface area contributed by atoms with Gasteiger partial charge in [0, 0.05) is 6.20 Å². The summed E-state index contributed by atoms with van der Waals surface area (Å²) in [6, 6.07) is 5.65. The SMILES string of the molecule is C#CC(O)c1c(C)nc2ccccn12. The van der Waals surface area contributed by atoms with Crippen molar-refractivity contribution in [3.05, 3.63) is 35.8 Å². The van der Waals surface area contributed by atoms with Crippen molar-refractivity contribution in [3.63, 3.8) is 0 Å². The van der Waals surface area contributed by atoms with E-state index in [0.717, 1.165) is 11.3 Å². The molecule has 0 saturated carbocycles. The smallest absolute Gasteiger partial charge is 0.156 e. The zero-order valence-electron chi connectivity index (χ0n) is 7.81. The van der Waals surface area contributed by atoms with Gasteiger partial charge in [-0.15, -0.1) is 6.42 Å². The molecule has 0 aliphatic rings. The van der Waals surface area contributed by atoms with Crippen LogP contribution in [0.25, 0.3) is 5.65 Å². The summed E-state index contributed by atoms with van der Waals surface area (Å²) < 4.78 is 1.81. The Morgan fingerprint density at radius 2 is 2.36 bits per heavy atom. The quantitative estimate of drug-likeness (QED) is 0.682. The predicted octanol–water partition coefficient (Wildman–Crippen LogP) is 1.31. The molecular formula is C11H10N2O. The van der Waals surface area contributed by atoms with E-state index >= 15 is 0 Å². The Balaban J connectivity index is 2.75. The van der Waals surface area contributed by atoms with Gasteiger partial charge >= 0.3 is 0 Å². The Morgan fingerprint density at radius 3 is 3.07 bits per heavy atom. The molecule has 0 bridgehead atoms. The van der Waals surface area contributed by atoms with Crippen LogP contribution in [0.1, 0.15) is 17.5 Å². The molecule has 1 atom stereocenters. The average molecular weight is 186 g/mol. The number of terminal acetylenes is 1. The number of fused-ring (bicyclic) bond motifs is 1. The van der Waals surface area contributed by atoms with E-state index in [2.05, 4.69) is 10.9 Å². The van der Waals surface area contributed by atoms with Crippen molar-refractivity contribution in [2.75, 3.05) is 0 Å². The molecule has 0 fully saturated rings. The van der Waals surface area contributed by atoms with E-state index < -0.39 is 6.10 Å². The second-order valence-corrected chi connectivity index (χ2v) is 3.08. The van der Waals surface area contributed by atoms with Gasteiger partial charge in [0.05, 0.1) is 11.4 Å². The van der Waals surface area contributed by atoms with Gasteiger partial charge in [0.2, 0.25) is 0 Å². The van der Waals surface area contributed by atoms with Crippen LogP contribution < -0.4 is 0 Å². The maximum Gasteiger partial charge on any atom is 0.156 e. The highest BCUT2D eigenvalue weighted by atomic mass is 16.3. The van der Waals surface area contributed by atoms with Crippen LogP contribution in [0, 0.1) is 19.3 Å². The number of pyridine rings is 1. The van der Waals surface area contributed by atoms with Crippen LogP contribution in [0.15, 0.2) is 24.4 Å². The van der Waals surface area contributed by atoms with Crippen molar-refractivity contribution in [1.82, 2.24) is 9.38 Å². The Kier molecular flexibility index (Phi) is 1.99. The first kappa shape index (κ1) is 8.79. The van der Waals surface area contributed by atoms with Crippen LogP contribution in [-0.2, 0) is 0 Å². The van der Waals surface area contributed by atoms with Gasteiger partial charge in [0.15, 0.2) is 6.10 Å². The summed E-state index contributed by atoms with van der Waals surface area (Å²) in [6.45, 7) is 1.84. The Labute approximate surface area is 82.0 Å². The number of aliphatic hydroxyl groups is 1. The van der Waals surface area contributed by atoms with Gasteiger partial charge in [-0.25, -0.2) is 4.98 Å². The van der Waals surface area contributed by atoms with E-state index in [1.165, 1.54) is 0 Å². The molecule has 70 valence electrons. The highest BCUT2D eigenvalue weighted by molar-refractivity contribution is 5.44. The molecule has 1 N–H and O–H groups in total. The van der Waals surface area contributed by atoms with Gasteiger partial charge in [-0.3, -0.25) is 0 Å².